The van der Waals surface area contributed by atoms with Crippen molar-refractivity contribution in [2.75, 3.05) is 5.75 Å². The second kappa shape index (κ2) is 2.41. The molecule has 1 rings (SSSR count). The summed E-state index contributed by atoms with van der Waals surface area (Å²) in [4.78, 5) is 0. The molecule has 0 saturated heterocycles. The minimum Gasteiger partial charge on any atom is -0.125 e. The molecular formula is C6H9S. The van der Waals surface area contributed by atoms with Crippen LogP contribution in [0.4, 0.5) is 0 Å². The van der Waals surface area contributed by atoms with E-state index in [1.807, 2.05) is 11.8 Å². The molecular weight excluding hydrogens is 104 g/mol. The van der Waals surface area contributed by atoms with Gasteiger partial charge in [0.2, 0.25) is 0 Å². The van der Waals surface area contributed by atoms with Gasteiger partial charge in [-0.1, -0.05) is 5.57 Å². The zero-order chi connectivity index (χ0) is 5.11. The Labute approximate surface area is 49.0 Å². The molecule has 0 aromatic heterocycles. The molecule has 0 nitrogen and oxygen atoms in total. The Morgan fingerprint density at radius 3 is 2.86 bits per heavy atom. The van der Waals surface area contributed by atoms with Crippen LogP contribution in [0.1, 0.15) is 19.8 Å². The van der Waals surface area contributed by atoms with Crippen LogP contribution in [0.5, 0.6) is 0 Å². The Bertz CT molecular complexity index is 84.2. The van der Waals surface area contributed by atoms with Crippen LogP contribution in [0.15, 0.2) is 5.57 Å². The van der Waals surface area contributed by atoms with E-state index in [0.717, 1.165) is 0 Å². The normalized spacial score (nSPS) is 21.6. The molecule has 0 aromatic carbocycles. The van der Waals surface area contributed by atoms with Gasteiger partial charge in [-0.25, -0.2) is 0 Å². The van der Waals surface area contributed by atoms with E-state index >= 15 is 0 Å². The summed E-state index contributed by atoms with van der Waals surface area (Å²) in [6, 6.07) is 0. The first-order chi connectivity index (χ1) is 3.39. The molecule has 1 radical (unpaired) electrons. The Morgan fingerprint density at radius 2 is 2.57 bits per heavy atom. The predicted octanol–water partition coefficient (Wildman–Crippen LogP) is 2.22. The molecule has 0 amide bonds. The fraction of sp³-hybridized carbons (Fsp3) is 0.667. The average Bonchev–Trinajstić information content (AvgIpc) is 1.69. The van der Waals surface area contributed by atoms with Crippen molar-refractivity contribution in [3.05, 3.63) is 11.0 Å². The van der Waals surface area contributed by atoms with Gasteiger partial charge in [0.25, 0.3) is 0 Å². The van der Waals surface area contributed by atoms with Crippen LogP contribution < -0.4 is 0 Å². The highest BCUT2D eigenvalue weighted by molar-refractivity contribution is 8.00. The third-order valence-electron chi connectivity index (χ3n) is 1.04. The molecule has 0 unspecified atom stereocenters. The lowest BCUT2D eigenvalue weighted by molar-refractivity contribution is 0.906. The van der Waals surface area contributed by atoms with Crippen molar-refractivity contribution in [2.45, 2.75) is 19.8 Å². The van der Waals surface area contributed by atoms with E-state index in [1.54, 1.807) is 0 Å². The molecule has 1 aliphatic rings. The average molecular weight is 113 g/mol. The first-order valence-corrected chi connectivity index (χ1v) is 3.58. The molecule has 0 aliphatic carbocycles. The number of hydrogen-bond acceptors (Lipinski definition) is 1. The van der Waals surface area contributed by atoms with Gasteiger partial charge in [0.05, 0.1) is 0 Å². The third kappa shape index (κ3) is 1.56. The summed E-state index contributed by atoms with van der Waals surface area (Å²) in [5, 5.41) is 3.22. The maximum absolute atomic E-state index is 3.22. The molecule has 0 fully saturated rings. The monoisotopic (exact) mass is 113 g/mol. The summed E-state index contributed by atoms with van der Waals surface area (Å²) in [6.45, 7) is 2.14. The highest BCUT2D eigenvalue weighted by Crippen LogP contribution is 2.18. The number of hydrogen-bond donors (Lipinski definition) is 0. The molecule has 0 saturated carbocycles. The molecule has 0 N–H and O–H groups in total. The van der Waals surface area contributed by atoms with E-state index in [2.05, 4.69) is 12.3 Å². The van der Waals surface area contributed by atoms with E-state index in [4.69, 9.17) is 0 Å². The summed E-state index contributed by atoms with van der Waals surface area (Å²) in [6.07, 6.45) is 2.62. The highest BCUT2D eigenvalue weighted by atomic mass is 32.2. The second-order valence-corrected chi connectivity index (χ2v) is 2.74. The number of allylic oxidation sites excluding steroid dienone is 1. The summed E-state index contributed by atoms with van der Waals surface area (Å²) >= 11 is 1.82. The number of thioether (sulfide) groups is 1. The lowest BCUT2D eigenvalue weighted by Gasteiger charge is -2.04. The maximum atomic E-state index is 3.22. The standard InChI is InChI=1S/C6H9S/c1-6-3-2-4-7-5-6/h2-4H2,1H3. The van der Waals surface area contributed by atoms with Crippen molar-refractivity contribution in [3.8, 4) is 0 Å². The van der Waals surface area contributed by atoms with Crippen molar-refractivity contribution in [3.63, 3.8) is 0 Å². The van der Waals surface area contributed by atoms with Crippen molar-refractivity contribution >= 4 is 11.8 Å². The molecule has 0 spiro atoms. The van der Waals surface area contributed by atoms with Crippen LogP contribution in [-0.2, 0) is 0 Å². The molecule has 1 heteroatoms. The quantitative estimate of drug-likeness (QED) is 0.464. The van der Waals surface area contributed by atoms with Crippen LogP contribution in [0.2, 0.25) is 0 Å². The second-order valence-electron chi connectivity index (χ2n) is 1.83. The van der Waals surface area contributed by atoms with Crippen molar-refractivity contribution in [1.82, 2.24) is 0 Å². The van der Waals surface area contributed by atoms with Gasteiger partial charge in [-0.05, 0) is 25.5 Å². The summed E-state index contributed by atoms with van der Waals surface area (Å²) in [5.41, 5.74) is 1.43. The largest absolute Gasteiger partial charge is 0.125 e. The van der Waals surface area contributed by atoms with E-state index < -0.39 is 0 Å². The lowest BCUT2D eigenvalue weighted by atomic mass is 10.2. The minimum atomic E-state index is 1.27. The van der Waals surface area contributed by atoms with Crippen molar-refractivity contribution in [1.29, 1.82) is 0 Å². The minimum absolute atomic E-state index is 1.27. The zero-order valence-corrected chi connectivity index (χ0v) is 5.35. The molecule has 39 valence electrons. The Kier molecular flexibility index (Phi) is 1.80. The van der Waals surface area contributed by atoms with E-state index in [9.17, 15) is 0 Å². The third-order valence-corrected chi connectivity index (χ3v) is 2.03. The fourth-order valence-electron chi connectivity index (χ4n) is 0.635. The van der Waals surface area contributed by atoms with Gasteiger partial charge in [-0.3, -0.25) is 0 Å². The van der Waals surface area contributed by atoms with Gasteiger partial charge >= 0.3 is 0 Å². The molecule has 0 bridgehead atoms. The summed E-state index contributed by atoms with van der Waals surface area (Å²) in [5.74, 6) is 1.28. The van der Waals surface area contributed by atoms with Crippen LogP contribution in [0.25, 0.3) is 0 Å². The van der Waals surface area contributed by atoms with E-state index in [-0.39, 0.29) is 0 Å². The molecule has 1 heterocycles. The van der Waals surface area contributed by atoms with Gasteiger partial charge in [-0.15, -0.1) is 11.8 Å². The topological polar surface area (TPSA) is 0 Å². The van der Waals surface area contributed by atoms with E-state index in [0.29, 0.717) is 0 Å². The van der Waals surface area contributed by atoms with Crippen LogP contribution in [0.3, 0.4) is 0 Å². The van der Waals surface area contributed by atoms with Gasteiger partial charge in [0.15, 0.2) is 0 Å². The smallest absolute Gasteiger partial charge is 0.0197 e. The highest BCUT2D eigenvalue weighted by Gasteiger charge is 1.96. The van der Waals surface area contributed by atoms with Gasteiger partial charge in [0, 0.05) is 5.41 Å². The fourth-order valence-corrected chi connectivity index (χ4v) is 1.37. The molecule has 1 aliphatic heterocycles. The molecule has 7 heavy (non-hydrogen) atoms. The van der Waals surface area contributed by atoms with Gasteiger partial charge < -0.3 is 0 Å². The Hall–Kier alpha value is 0.0900. The maximum Gasteiger partial charge on any atom is 0.0197 e. The van der Waals surface area contributed by atoms with Gasteiger partial charge in [0.1, 0.15) is 0 Å². The van der Waals surface area contributed by atoms with Crippen LogP contribution >= 0.6 is 11.8 Å². The first kappa shape index (κ1) is 5.23. The van der Waals surface area contributed by atoms with Crippen LogP contribution in [-0.4, -0.2) is 5.75 Å². The zero-order valence-electron chi connectivity index (χ0n) is 4.53. The first-order valence-electron chi connectivity index (χ1n) is 2.60. The SMILES string of the molecule is CC1=[C]SCCC1. The Morgan fingerprint density at radius 1 is 1.71 bits per heavy atom. The van der Waals surface area contributed by atoms with E-state index in [1.165, 1.54) is 24.2 Å². The molecule has 0 atom stereocenters. The predicted molar refractivity (Wildman–Crippen MR) is 34.1 cm³/mol. The number of rotatable bonds is 0. The lowest BCUT2D eigenvalue weighted by Crippen LogP contribution is -1.86. The van der Waals surface area contributed by atoms with Gasteiger partial charge in [-0.2, -0.15) is 0 Å². The Balaban J connectivity index is 2.40. The van der Waals surface area contributed by atoms with Crippen molar-refractivity contribution in [2.24, 2.45) is 0 Å². The molecule has 0 aromatic rings. The van der Waals surface area contributed by atoms with Crippen LogP contribution in [0, 0.1) is 5.41 Å². The summed E-state index contributed by atoms with van der Waals surface area (Å²) in [7, 11) is 0. The van der Waals surface area contributed by atoms with Crippen molar-refractivity contribution < 1.29 is 0 Å². The summed E-state index contributed by atoms with van der Waals surface area (Å²) < 4.78 is 0.